The predicted molar refractivity (Wildman–Crippen MR) is 97.2 cm³/mol. The Morgan fingerprint density at radius 2 is 2.12 bits per heavy atom. The van der Waals surface area contributed by atoms with Gasteiger partial charge in [-0.1, -0.05) is 6.92 Å². The molecule has 1 N–H and O–H groups in total. The van der Waals surface area contributed by atoms with Gasteiger partial charge >= 0.3 is 0 Å². The van der Waals surface area contributed by atoms with Gasteiger partial charge in [0, 0.05) is 29.4 Å². The lowest BCUT2D eigenvalue weighted by molar-refractivity contribution is 0.330. The van der Waals surface area contributed by atoms with Crippen LogP contribution in [-0.2, 0) is 12.8 Å². The average molecular weight is 337 g/mol. The summed E-state index contributed by atoms with van der Waals surface area (Å²) < 4.78 is 11.0. The second kappa shape index (κ2) is 6.44. The third-order valence-corrected chi connectivity index (χ3v) is 5.11. The zero-order valence-electron chi connectivity index (χ0n) is 14.8. The van der Waals surface area contributed by atoms with Crippen LogP contribution in [0, 0.1) is 23.2 Å². The maximum absolute atomic E-state index is 8.79. The number of nitrogens with one attached hydrogen (secondary N) is 1. The number of nitrogens with zero attached hydrogens (tertiary/aromatic N) is 2. The van der Waals surface area contributed by atoms with Gasteiger partial charge < -0.3 is 14.8 Å². The molecule has 1 aromatic carbocycles. The van der Waals surface area contributed by atoms with Crippen LogP contribution in [0.3, 0.4) is 0 Å². The Morgan fingerprint density at radius 1 is 1.28 bits per heavy atom. The Kier molecular flexibility index (Phi) is 4.12. The minimum atomic E-state index is -0.00334. The van der Waals surface area contributed by atoms with Gasteiger partial charge in [-0.05, 0) is 49.1 Å². The van der Waals surface area contributed by atoms with Crippen LogP contribution in [0.1, 0.15) is 31.0 Å². The molecule has 0 amide bonds. The van der Waals surface area contributed by atoms with E-state index in [4.69, 9.17) is 19.7 Å². The number of fused-ring (bicyclic) bond motifs is 2. The summed E-state index contributed by atoms with van der Waals surface area (Å²) in [5.41, 5.74) is 4.66. The van der Waals surface area contributed by atoms with E-state index in [9.17, 15) is 0 Å². The first-order valence-electron chi connectivity index (χ1n) is 8.96. The highest BCUT2D eigenvalue weighted by Gasteiger charge is 2.27. The van der Waals surface area contributed by atoms with Crippen molar-refractivity contribution in [3.8, 4) is 17.6 Å². The van der Waals surface area contributed by atoms with E-state index in [-0.39, 0.29) is 6.61 Å². The van der Waals surface area contributed by atoms with E-state index in [0.29, 0.717) is 17.4 Å². The summed E-state index contributed by atoms with van der Waals surface area (Å²) in [5.74, 6) is 2.64. The van der Waals surface area contributed by atoms with Crippen molar-refractivity contribution in [1.29, 1.82) is 5.26 Å². The summed E-state index contributed by atoms with van der Waals surface area (Å²) in [7, 11) is 1.63. The molecule has 4 rings (SSSR count). The molecule has 0 aliphatic heterocycles. The molecule has 2 aromatic rings. The highest BCUT2D eigenvalue weighted by atomic mass is 16.5. The highest BCUT2D eigenvalue weighted by molar-refractivity contribution is 5.96. The van der Waals surface area contributed by atoms with Crippen molar-refractivity contribution in [2.24, 2.45) is 11.8 Å². The third kappa shape index (κ3) is 3.09. The second-order valence-electron chi connectivity index (χ2n) is 7.22. The highest BCUT2D eigenvalue weighted by Crippen LogP contribution is 2.41. The molecule has 0 radical (unpaired) electrons. The second-order valence-corrected chi connectivity index (χ2v) is 7.22. The zero-order valence-corrected chi connectivity index (χ0v) is 14.8. The van der Waals surface area contributed by atoms with E-state index < -0.39 is 0 Å². The van der Waals surface area contributed by atoms with Gasteiger partial charge in [-0.15, -0.1) is 0 Å². The average Bonchev–Trinajstić information content (AvgIpc) is 3.36. The molecule has 1 heterocycles. The van der Waals surface area contributed by atoms with Crippen LogP contribution < -0.4 is 14.8 Å². The maximum atomic E-state index is 8.79. The Morgan fingerprint density at radius 3 is 2.84 bits per heavy atom. The first-order valence-corrected chi connectivity index (χ1v) is 8.96. The summed E-state index contributed by atoms with van der Waals surface area (Å²) in [6.45, 7) is 3.30. The van der Waals surface area contributed by atoms with Crippen molar-refractivity contribution in [1.82, 2.24) is 4.98 Å². The fraction of sp³-hybridized carbons (Fsp3) is 0.500. The van der Waals surface area contributed by atoms with Gasteiger partial charge in [0.2, 0.25) is 0 Å². The number of rotatable bonds is 6. The maximum Gasteiger partial charge on any atom is 0.174 e. The summed E-state index contributed by atoms with van der Waals surface area (Å²) in [6, 6.07) is 5.90. The molecular weight excluding hydrogens is 314 g/mol. The summed E-state index contributed by atoms with van der Waals surface area (Å²) >= 11 is 0. The van der Waals surface area contributed by atoms with Crippen molar-refractivity contribution < 1.29 is 9.47 Å². The molecule has 25 heavy (non-hydrogen) atoms. The monoisotopic (exact) mass is 337 g/mol. The Bertz CT molecular complexity index is 852. The number of hydrogen-bond donors (Lipinski definition) is 1. The van der Waals surface area contributed by atoms with Crippen molar-refractivity contribution in [3.05, 3.63) is 23.4 Å². The molecule has 1 saturated carbocycles. The number of pyridine rings is 1. The number of nitriles is 1. The largest absolute Gasteiger partial charge is 0.493 e. The first kappa shape index (κ1) is 16.0. The SMILES string of the molecule is COc1cc2c(NCC3CC3)c3c(nc2cc1OCC#N)CC(C)C3. The standard InChI is InChI=1S/C20H23N3O2/c1-12-7-14-16(8-12)23-17-10-19(25-6-5-21)18(24-2)9-15(17)20(14)22-11-13-3-4-13/h9-10,12-13H,3-4,6-8,11H2,1-2H3,(H,22,23). The molecule has 5 heteroatoms. The Labute approximate surface area is 148 Å². The molecule has 1 atom stereocenters. The predicted octanol–water partition coefficient (Wildman–Crippen LogP) is 3.70. The number of aromatic nitrogens is 1. The molecule has 130 valence electrons. The molecule has 0 bridgehead atoms. The van der Waals surface area contributed by atoms with Crippen LogP contribution in [-0.4, -0.2) is 25.2 Å². The smallest absolute Gasteiger partial charge is 0.174 e. The molecule has 1 fully saturated rings. The zero-order chi connectivity index (χ0) is 17.4. The number of methoxy groups -OCH3 is 1. The van der Waals surface area contributed by atoms with Gasteiger partial charge in [0.05, 0.1) is 12.6 Å². The van der Waals surface area contributed by atoms with Crippen LogP contribution in [0.15, 0.2) is 12.1 Å². The Balaban J connectivity index is 1.83. The molecule has 5 nitrogen and oxygen atoms in total. The molecule has 0 spiro atoms. The van der Waals surface area contributed by atoms with Crippen molar-refractivity contribution in [2.45, 2.75) is 32.6 Å². The van der Waals surface area contributed by atoms with Gasteiger partial charge in [-0.3, -0.25) is 4.98 Å². The molecule has 1 unspecified atom stereocenters. The van der Waals surface area contributed by atoms with Crippen molar-refractivity contribution in [2.75, 3.05) is 25.6 Å². The molecule has 1 aromatic heterocycles. The normalized spacial score (nSPS) is 18.7. The summed E-state index contributed by atoms with van der Waals surface area (Å²) in [6.07, 6.45) is 4.73. The van der Waals surface area contributed by atoms with E-state index >= 15 is 0 Å². The van der Waals surface area contributed by atoms with E-state index in [2.05, 4.69) is 12.2 Å². The van der Waals surface area contributed by atoms with Gasteiger partial charge in [-0.2, -0.15) is 5.26 Å². The number of hydrogen-bond acceptors (Lipinski definition) is 5. The lowest BCUT2D eigenvalue weighted by Gasteiger charge is -2.17. The van der Waals surface area contributed by atoms with Crippen LogP contribution >= 0.6 is 0 Å². The summed E-state index contributed by atoms with van der Waals surface area (Å²) in [4.78, 5) is 4.90. The van der Waals surface area contributed by atoms with Gasteiger partial charge in [0.1, 0.15) is 6.07 Å². The molecule has 2 aliphatic rings. The van der Waals surface area contributed by atoms with Gasteiger partial charge in [0.15, 0.2) is 18.1 Å². The topological polar surface area (TPSA) is 67.2 Å². The van der Waals surface area contributed by atoms with E-state index in [1.165, 1.54) is 29.8 Å². The lowest BCUT2D eigenvalue weighted by Crippen LogP contribution is -2.08. The quantitative estimate of drug-likeness (QED) is 0.870. The van der Waals surface area contributed by atoms with Crippen LogP contribution in [0.4, 0.5) is 5.69 Å². The van der Waals surface area contributed by atoms with Crippen LogP contribution in [0.2, 0.25) is 0 Å². The third-order valence-electron chi connectivity index (χ3n) is 5.11. The van der Waals surface area contributed by atoms with E-state index in [1.807, 2.05) is 18.2 Å². The fourth-order valence-corrected chi connectivity index (χ4v) is 3.65. The number of anilines is 1. The minimum Gasteiger partial charge on any atom is -0.493 e. The van der Waals surface area contributed by atoms with E-state index in [0.717, 1.165) is 36.2 Å². The van der Waals surface area contributed by atoms with Crippen LogP contribution in [0.25, 0.3) is 10.9 Å². The van der Waals surface area contributed by atoms with Gasteiger partial charge in [-0.25, -0.2) is 0 Å². The number of ether oxygens (including phenoxy) is 2. The Hall–Kier alpha value is -2.48. The number of benzene rings is 1. The first-order chi connectivity index (χ1) is 12.2. The molecular formula is C20H23N3O2. The molecule has 0 saturated heterocycles. The van der Waals surface area contributed by atoms with Crippen molar-refractivity contribution >= 4 is 16.6 Å². The molecule has 2 aliphatic carbocycles. The van der Waals surface area contributed by atoms with Gasteiger partial charge in [0.25, 0.3) is 0 Å². The van der Waals surface area contributed by atoms with Crippen LogP contribution in [0.5, 0.6) is 11.5 Å². The van der Waals surface area contributed by atoms with Crippen molar-refractivity contribution in [3.63, 3.8) is 0 Å². The van der Waals surface area contributed by atoms with E-state index in [1.54, 1.807) is 7.11 Å². The minimum absolute atomic E-state index is 0.00334. The lowest BCUT2D eigenvalue weighted by atomic mass is 10.0. The summed E-state index contributed by atoms with van der Waals surface area (Å²) in [5, 5.41) is 13.6. The fourth-order valence-electron chi connectivity index (χ4n) is 3.65.